The van der Waals surface area contributed by atoms with E-state index in [-0.39, 0.29) is 5.91 Å². The Morgan fingerprint density at radius 1 is 1.07 bits per heavy atom. The third kappa shape index (κ3) is 4.19. The summed E-state index contributed by atoms with van der Waals surface area (Å²) in [6.07, 6.45) is 1.77. The van der Waals surface area contributed by atoms with Gasteiger partial charge in [0.25, 0.3) is 5.91 Å². The Hall–Kier alpha value is -3.06. The number of hydrogen-bond donors (Lipinski definition) is 1. The topological polar surface area (TPSA) is 54.0 Å². The molecule has 0 aromatic heterocycles. The van der Waals surface area contributed by atoms with E-state index in [0.29, 0.717) is 28.0 Å². The molecule has 3 rings (SSSR count). The van der Waals surface area contributed by atoms with Gasteiger partial charge in [-0.2, -0.15) is 0 Å². The number of carbonyl (C=O) groups is 1. The van der Waals surface area contributed by atoms with Crippen molar-refractivity contribution < 1.29 is 14.3 Å². The first-order valence-electron chi connectivity index (χ1n) is 9.46. The summed E-state index contributed by atoms with van der Waals surface area (Å²) >= 11 is 5.39. The average molecular weight is 412 g/mol. The lowest BCUT2D eigenvalue weighted by Gasteiger charge is -2.22. The quantitative estimate of drug-likeness (QED) is 0.552. The number of benzene rings is 2. The number of anilines is 2. The molecule has 1 saturated heterocycles. The van der Waals surface area contributed by atoms with Gasteiger partial charge in [-0.05, 0) is 68.5 Å². The van der Waals surface area contributed by atoms with E-state index in [0.717, 1.165) is 24.3 Å². The van der Waals surface area contributed by atoms with Gasteiger partial charge in [0, 0.05) is 30.4 Å². The smallest absolute Gasteiger partial charge is 0.281 e. The highest BCUT2D eigenvalue weighted by Gasteiger charge is 2.32. The van der Waals surface area contributed by atoms with Crippen molar-refractivity contribution in [1.29, 1.82) is 0 Å². The van der Waals surface area contributed by atoms with Crippen molar-refractivity contribution in [3.05, 3.63) is 53.7 Å². The van der Waals surface area contributed by atoms with Crippen LogP contribution in [0.25, 0.3) is 6.08 Å². The zero-order chi connectivity index (χ0) is 21.0. The molecule has 1 aliphatic rings. The third-order valence-corrected chi connectivity index (χ3v) is 5.14. The lowest BCUT2D eigenvalue weighted by Crippen LogP contribution is -2.30. The van der Waals surface area contributed by atoms with Crippen LogP contribution < -0.4 is 24.6 Å². The molecular weight excluding hydrogens is 386 g/mol. The fourth-order valence-corrected chi connectivity index (χ4v) is 3.56. The molecule has 1 heterocycles. The molecule has 2 aromatic carbocycles. The van der Waals surface area contributed by atoms with Crippen LogP contribution >= 0.6 is 12.2 Å². The van der Waals surface area contributed by atoms with E-state index in [2.05, 4.69) is 24.1 Å². The number of amides is 1. The molecule has 2 aromatic rings. The van der Waals surface area contributed by atoms with E-state index in [1.807, 2.05) is 18.2 Å². The first-order valence-corrected chi connectivity index (χ1v) is 9.87. The van der Waals surface area contributed by atoms with Gasteiger partial charge >= 0.3 is 0 Å². The molecule has 1 N–H and O–H groups in total. The van der Waals surface area contributed by atoms with Crippen LogP contribution in [0, 0.1) is 0 Å². The van der Waals surface area contributed by atoms with E-state index in [4.69, 9.17) is 21.7 Å². The van der Waals surface area contributed by atoms with Crippen LogP contribution in [0.2, 0.25) is 0 Å². The van der Waals surface area contributed by atoms with Crippen molar-refractivity contribution in [2.24, 2.45) is 0 Å². The van der Waals surface area contributed by atoms with Gasteiger partial charge in [0.2, 0.25) is 0 Å². The zero-order valence-corrected chi connectivity index (χ0v) is 17.9. The van der Waals surface area contributed by atoms with Crippen LogP contribution in [-0.2, 0) is 4.79 Å². The summed E-state index contributed by atoms with van der Waals surface area (Å²) in [4.78, 5) is 16.7. The van der Waals surface area contributed by atoms with E-state index in [9.17, 15) is 4.79 Å². The highest BCUT2D eigenvalue weighted by Crippen LogP contribution is 2.29. The van der Waals surface area contributed by atoms with Crippen LogP contribution in [0.5, 0.6) is 11.5 Å². The SMILES string of the molecule is CCN(CC)c1ccc(/C=C2\NC(=S)N(c3ccc(OC)cc3)C2=O)c(OC)c1. The van der Waals surface area contributed by atoms with Crippen LogP contribution in [0.4, 0.5) is 11.4 Å². The molecular formula is C22H25N3O3S. The Bertz CT molecular complexity index is 937. The summed E-state index contributed by atoms with van der Waals surface area (Å²) in [6, 6.07) is 13.1. The zero-order valence-electron chi connectivity index (χ0n) is 17.1. The number of nitrogens with one attached hydrogen (secondary N) is 1. The molecule has 1 amide bonds. The second-order valence-electron chi connectivity index (χ2n) is 6.43. The standard InChI is InChI=1S/C22H25N3O3S/c1-5-24(6-2)17-8-7-15(20(14-17)28-4)13-19-21(26)25(22(29)23-19)16-9-11-18(27-3)12-10-16/h7-14H,5-6H2,1-4H3,(H,23,29)/b19-13-. The first kappa shape index (κ1) is 20.7. The number of methoxy groups -OCH3 is 2. The molecule has 0 radical (unpaired) electrons. The fraction of sp³-hybridized carbons (Fsp3) is 0.273. The van der Waals surface area contributed by atoms with Gasteiger partial charge in [0.1, 0.15) is 17.2 Å². The van der Waals surface area contributed by atoms with Crippen molar-refractivity contribution in [2.75, 3.05) is 37.1 Å². The maximum atomic E-state index is 13.0. The highest BCUT2D eigenvalue weighted by molar-refractivity contribution is 7.80. The van der Waals surface area contributed by atoms with E-state index in [1.165, 1.54) is 4.90 Å². The average Bonchev–Trinajstić information content (AvgIpc) is 3.02. The Morgan fingerprint density at radius 2 is 1.76 bits per heavy atom. The lowest BCUT2D eigenvalue weighted by atomic mass is 10.1. The van der Waals surface area contributed by atoms with Crippen molar-refractivity contribution in [2.45, 2.75) is 13.8 Å². The molecule has 6 nitrogen and oxygen atoms in total. The lowest BCUT2D eigenvalue weighted by molar-refractivity contribution is -0.113. The van der Waals surface area contributed by atoms with Crippen LogP contribution in [-0.4, -0.2) is 38.3 Å². The number of rotatable bonds is 7. The van der Waals surface area contributed by atoms with Crippen molar-refractivity contribution in [1.82, 2.24) is 5.32 Å². The summed E-state index contributed by atoms with van der Waals surface area (Å²) < 4.78 is 10.7. The summed E-state index contributed by atoms with van der Waals surface area (Å²) in [5.74, 6) is 1.20. The summed E-state index contributed by atoms with van der Waals surface area (Å²) in [6.45, 7) is 6.04. The largest absolute Gasteiger partial charge is 0.497 e. The summed E-state index contributed by atoms with van der Waals surface area (Å²) in [7, 11) is 3.23. The minimum Gasteiger partial charge on any atom is -0.497 e. The van der Waals surface area contributed by atoms with Crippen molar-refractivity contribution in [3.8, 4) is 11.5 Å². The molecule has 0 unspecified atom stereocenters. The molecule has 7 heteroatoms. The Kier molecular flexibility index (Phi) is 6.39. The van der Waals surface area contributed by atoms with Crippen molar-refractivity contribution in [3.63, 3.8) is 0 Å². The second kappa shape index (κ2) is 8.96. The van der Waals surface area contributed by atoms with Gasteiger partial charge < -0.3 is 19.7 Å². The number of thiocarbonyl (C=S) groups is 1. The van der Waals surface area contributed by atoms with E-state index < -0.39 is 0 Å². The van der Waals surface area contributed by atoms with Gasteiger partial charge in [0.15, 0.2) is 5.11 Å². The minimum absolute atomic E-state index is 0.213. The molecule has 0 spiro atoms. The molecule has 0 atom stereocenters. The fourth-order valence-electron chi connectivity index (χ4n) is 3.26. The first-order chi connectivity index (χ1) is 14.0. The number of hydrogen-bond acceptors (Lipinski definition) is 5. The van der Waals surface area contributed by atoms with Gasteiger partial charge in [0.05, 0.1) is 19.9 Å². The summed E-state index contributed by atoms with van der Waals surface area (Å²) in [5.41, 5.74) is 2.97. The maximum absolute atomic E-state index is 13.0. The van der Waals surface area contributed by atoms with Gasteiger partial charge in [-0.15, -0.1) is 0 Å². The summed E-state index contributed by atoms with van der Waals surface area (Å²) in [5, 5.41) is 3.35. The van der Waals surface area contributed by atoms with E-state index >= 15 is 0 Å². The number of nitrogens with zero attached hydrogens (tertiary/aromatic N) is 2. The highest BCUT2D eigenvalue weighted by atomic mass is 32.1. The molecule has 1 aliphatic heterocycles. The van der Waals surface area contributed by atoms with Gasteiger partial charge in [-0.3, -0.25) is 9.69 Å². The van der Waals surface area contributed by atoms with Crippen molar-refractivity contribution >= 4 is 40.7 Å². The normalized spacial score (nSPS) is 14.9. The molecule has 1 fully saturated rings. The van der Waals surface area contributed by atoms with Gasteiger partial charge in [-0.1, -0.05) is 0 Å². The second-order valence-corrected chi connectivity index (χ2v) is 6.81. The van der Waals surface area contributed by atoms with Gasteiger partial charge in [-0.25, -0.2) is 0 Å². The predicted molar refractivity (Wildman–Crippen MR) is 121 cm³/mol. The molecule has 29 heavy (non-hydrogen) atoms. The Labute approximate surface area is 176 Å². The third-order valence-electron chi connectivity index (χ3n) is 4.85. The minimum atomic E-state index is -0.213. The van der Waals surface area contributed by atoms with Crippen LogP contribution in [0.3, 0.4) is 0 Å². The molecule has 0 saturated carbocycles. The number of ether oxygens (including phenoxy) is 2. The molecule has 0 aliphatic carbocycles. The monoisotopic (exact) mass is 411 g/mol. The molecule has 0 bridgehead atoms. The predicted octanol–water partition coefficient (Wildman–Crippen LogP) is 3.81. The Balaban J connectivity index is 1.90. The maximum Gasteiger partial charge on any atom is 0.281 e. The Morgan fingerprint density at radius 3 is 2.34 bits per heavy atom. The number of carbonyl (C=O) groups excluding carboxylic acids is 1. The van der Waals surface area contributed by atoms with E-state index in [1.54, 1.807) is 44.6 Å². The molecule has 152 valence electrons. The van der Waals surface area contributed by atoms with Crippen LogP contribution in [0.1, 0.15) is 19.4 Å². The van der Waals surface area contributed by atoms with Crippen LogP contribution in [0.15, 0.2) is 48.2 Å².